The molecule has 14 heavy (non-hydrogen) atoms. The van der Waals surface area contributed by atoms with Crippen molar-refractivity contribution in [2.75, 3.05) is 0 Å². The summed E-state index contributed by atoms with van der Waals surface area (Å²) in [5.74, 6) is 0. The highest BCUT2D eigenvalue weighted by Gasteiger charge is 2.10. The van der Waals surface area contributed by atoms with E-state index in [-0.39, 0.29) is 0 Å². The molecule has 0 bridgehead atoms. The van der Waals surface area contributed by atoms with Gasteiger partial charge < -0.3 is 0 Å². The summed E-state index contributed by atoms with van der Waals surface area (Å²) >= 11 is 5.52. The predicted molar refractivity (Wildman–Crippen MR) is 56.7 cm³/mol. The van der Waals surface area contributed by atoms with Crippen LogP contribution in [0.5, 0.6) is 0 Å². The minimum Gasteiger partial charge on any atom is -0.276 e. The summed E-state index contributed by atoms with van der Waals surface area (Å²) in [4.78, 5) is 15.4. The SMILES string of the molecule is Cc1cnc2ccccc2c1C(=O)Cl. The number of aromatic nitrogens is 1. The lowest BCUT2D eigenvalue weighted by molar-refractivity contribution is 0.108. The molecule has 0 saturated heterocycles. The topological polar surface area (TPSA) is 30.0 Å². The first kappa shape index (κ1) is 9.16. The molecular weight excluding hydrogens is 198 g/mol. The molecule has 3 heteroatoms. The van der Waals surface area contributed by atoms with Crippen LogP contribution in [0.2, 0.25) is 0 Å². The van der Waals surface area contributed by atoms with Crippen LogP contribution in [0.25, 0.3) is 10.9 Å². The Bertz CT molecular complexity index is 508. The maximum Gasteiger partial charge on any atom is 0.253 e. The fourth-order valence-corrected chi connectivity index (χ4v) is 1.75. The third-order valence-electron chi connectivity index (χ3n) is 2.16. The molecule has 2 rings (SSSR count). The van der Waals surface area contributed by atoms with Crippen molar-refractivity contribution in [1.82, 2.24) is 4.98 Å². The number of para-hydroxylation sites is 1. The molecule has 0 atom stereocenters. The Morgan fingerprint density at radius 3 is 2.79 bits per heavy atom. The lowest BCUT2D eigenvalue weighted by Crippen LogP contribution is -1.96. The summed E-state index contributed by atoms with van der Waals surface area (Å²) in [6.07, 6.45) is 1.66. The fraction of sp³-hybridized carbons (Fsp3) is 0.0909. The number of carbonyl (C=O) groups is 1. The normalized spacial score (nSPS) is 10.4. The molecular formula is C11H8ClNO. The second kappa shape index (κ2) is 3.39. The number of carbonyl (C=O) groups excluding carboxylic acids is 1. The minimum atomic E-state index is -0.430. The van der Waals surface area contributed by atoms with Crippen LogP contribution in [-0.2, 0) is 0 Å². The van der Waals surface area contributed by atoms with Crippen LogP contribution in [0.3, 0.4) is 0 Å². The Morgan fingerprint density at radius 2 is 2.07 bits per heavy atom. The number of hydrogen-bond acceptors (Lipinski definition) is 2. The summed E-state index contributed by atoms with van der Waals surface area (Å²) in [5.41, 5.74) is 2.16. The number of hydrogen-bond donors (Lipinski definition) is 0. The highest BCUT2D eigenvalue weighted by molar-refractivity contribution is 6.68. The van der Waals surface area contributed by atoms with Gasteiger partial charge >= 0.3 is 0 Å². The highest BCUT2D eigenvalue weighted by atomic mass is 35.5. The number of nitrogens with zero attached hydrogens (tertiary/aromatic N) is 1. The fourth-order valence-electron chi connectivity index (χ4n) is 1.50. The Balaban J connectivity index is 2.90. The molecule has 0 unspecified atom stereocenters. The first-order valence-electron chi connectivity index (χ1n) is 4.24. The number of aryl methyl sites for hydroxylation is 1. The summed E-state index contributed by atoms with van der Waals surface area (Å²) in [6.45, 7) is 1.83. The van der Waals surface area contributed by atoms with Crippen LogP contribution in [-0.4, -0.2) is 10.2 Å². The first-order chi connectivity index (χ1) is 6.70. The number of benzene rings is 1. The number of halogens is 1. The van der Waals surface area contributed by atoms with Crippen LogP contribution in [0.1, 0.15) is 15.9 Å². The van der Waals surface area contributed by atoms with Gasteiger partial charge in [0.25, 0.3) is 5.24 Å². The quantitative estimate of drug-likeness (QED) is 0.670. The van der Waals surface area contributed by atoms with Gasteiger partial charge in [-0.15, -0.1) is 0 Å². The number of pyridine rings is 1. The molecule has 1 aromatic carbocycles. The van der Waals surface area contributed by atoms with Crippen LogP contribution >= 0.6 is 11.6 Å². The molecule has 0 N–H and O–H groups in total. The minimum absolute atomic E-state index is 0.430. The van der Waals surface area contributed by atoms with E-state index in [1.54, 1.807) is 6.20 Å². The number of fused-ring (bicyclic) bond motifs is 1. The largest absolute Gasteiger partial charge is 0.276 e. The molecule has 0 amide bonds. The third kappa shape index (κ3) is 1.38. The van der Waals surface area contributed by atoms with Gasteiger partial charge in [0.05, 0.1) is 5.52 Å². The highest BCUT2D eigenvalue weighted by Crippen LogP contribution is 2.21. The zero-order valence-corrected chi connectivity index (χ0v) is 8.38. The predicted octanol–water partition coefficient (Wildman–Crippen LogP) is 2.92. The monoisotopic (exact) mass is 205 g/mol. The van der Waals surface area contributed by atoms with Gasteiger partial charge in [-0.1, -0.05) is 18.2 Å². The molecule has 70 valence electrons. The lowest BCUT2D eigenvalue weighted by atomic mass is 10.1. The van der Waals surface area contributed by atoms with E-state index >= 15 is 0 Å². The molecule has 0 aliphatic carbocycles. The molecule has 0 aliphatic rings. The van der Waals surface area contributed by atoms with Crippen molar-refractivity contribution >= 4 is 27.7 Å². The van der Waals surface area contributed by atoms with Crippen LogP contribution < -0.4 is 0 Å². The van der Waals surface area contributed by atoms with Gasteiger partial charge in [0.15, 0.2) is 0 Å². The van der Waals surface area contributed by atoms with Gasteiger partial charge in [0, 0.05) is 17.1 Å². The van der Waals surface area contributed by atoms with Gasteiger partial charge in [0.2, 0.25) is 0 Å². The van der Waals surface area contributed by atoms with E-state index in [0.29, 0.717) is 5.56 Å². The third-order valence-corrected chi connectivity index (χ3v) is 2.35. The van der Waals surface area contributed by atoms with Crippen LogP contribution in [0.4, 0.5) is 0 Å². The van der Waals surface area contributed by atoms with Crippen molar-refractivity contribution < 1.29 is 4.79 Å². The molecule has 0 spiro atoms. The Kier molecular flexibility index (Phi) is 2.22. The van der Waals surface area contributed by atoms with Gasteiger partial charge in [0.1, 0.15) is 0 Å². The molecule has 0 saturated carbocycles. The van der Waals surface area contributed by atoms with E-state index in [2.05, 4.69) is 4.98 Å². The van der Waals surface area contributed by atoms with Crippen LogP contribution in [0.15, 0.2) is 30.5 Å². The second-order valence-corrected chi connectivity index (χ2v) is 3.45. The van der Waals surface area contributed by atoms with Crippen molar-refractivity contribution in [3.8, 4) is 0 Å². The molecule has 2 nitrogen and oxygen atoms in total. The van der Waals surface area contributed by atoms with E-state index < -0.39 is 5.24 Å². The summed E-state index contributed by atoms with van der Waals surface area (Å²) in [7, 11) is 0. The van der Waals surface area contributed by atoms with E-state index in [4.69, 9.17) is 11.6 Å². The summed E-state index contributed by atoms with van der Waals surface area (Å²) in [6, 6.07) is 7.46. The second-order valence-electron chi connectivity index (χ2n) is 3.11. The van der Waals surface area contributed by atoms with Gasteiger partial charge in [-0.3, -0.25) is 9.78 Å². The van der Waals surface area contributed by atoms with Crippen molar-refractivity contribution in [3.05, 3.63) is 41.6 Å². The molecule has 0 fully saturated rings. The maximum absolute atomic E-state index is 11.2. The van der Waals surface area contributed by atoms with E-state index in [0.717, 1.165) is 16.5 Å². The first-order valence-corrected chi connectivity index (χ1v) is 4.62. The summed E-state index contributed by atoms with van der Waals surface area (Å²) < 4.78 is 0. The Morgan fingerprint density at radius 1 is 1.36 bits per heavy atom. The maximum atomic E-state index is 11.2. The van der Waals surface area contributed by atoms with E-state index in [1.165, 1.54) is 0 Å². The summed E-state index contributed by atoms with van der Waals surface area (Å²) in [5, 5.41) is 0.383. The van der Waals surface area contributed by atoms with Crippen LogP contribution in [0, 0.1) is 6.92 Å². The molecule has 0 radical (unpaired) electrons. The Labute approximate surface area is 86.5 Å². The van der Waals surface area contributed by atoms with Crippen molar-refractivity contribution in [2.45, 2.75) is 6.92 Å². The zero-order chi connectivity index (χ0) is 10.1. The standard InChI is InChI=1S/C11H8ClNO/c1-7-6-13-9-5-3-2-4-8(9)10(7)11(12)14/h2-6H,1H3. The molecule has 1 aromatic heterocycles. The van der Waals surface area contributed by atoms with E-state index in [9.17, 15) is 4.79 Å². The van der Waals surface area contributed by atoms with Gasteiger partial charge in [-0.25, -0.2) is 0 Å². The van der Waals surface area contributed by atoms with Gasteiger partial charge in [-0.05, 0) is 30.2 Å². The molecule has 0 aliphatic heterocycles. The zero-order valence-electron chi connectivity index (χ0n) is 7.62. The average molecular weight is 206 g/mol. The number of rotatable bonds is 1. The molecule has 1 heterocycles. The van der Waals surface area contributed by atoms with Crippen molar-refractivity contribution in [3.63, 3.8) is 0 Å². The lowest BCUT2D eigenvalue weighted by Gasteiger charge is -2.04. The van der Waals surface area contributed by atoms with Crippen molar-refractivity contribution in [2.24, 2.45) is 0 Å². The average Bonchev–Trinajstić information content (AvgIpc) is 2.17. The molecule has 2 aromatic rings. The van der Waals surface area contributed by atoms with Gasteiger partial charge in [-0.2, -0.15) is 0 Å². The van der Waals surface area contributed by atoms with E-state index in [1.807, 2.05) is 31.2 Å². The van der Waals surface area contributed by atoms with Crippen molar-refractivity contribution in [1.29, 1.82) is 0 Å². The smallest absolute Gasteiger partial charge is 0.253 e. The Hall–Kier alpha value is -1.41.